The molecule has 0 fully saturated rings. The SMILES string of the molecule is C[CH2][Hf]([CH3])([CH3])(=[SiH2])([CH2]C)([CH]1C=Cc2c(-c3cc(C)ccc3C)cccc21)[CH]1C=Cc2c(-c3cc(C)ccc3C)cccc21. The van der Waals surface area contributed by atoms with Crippen molar-refractivity contribution in [1.29, 1.82) is 0 Å². The van der Waals surface area contributed by atoms with Crippen LogP contribution in [0.4, 0.5) is 0 Å². The molecule has 0 amide bonds. The van der Waals surface area contributed by atoms with E-state index in [-0.39, 0.29) is 0 Å². The molecule has 42 heavy (non-hydrogen) atoms. The maximum absolute atomic E-state index is 4.89. The van der Waals surface area contributed by atoms with Gasteiger partial charge in [-0.2, -0.15) is 0 Å². The van der Waals surface area contributed by atoms with Crippen LogP contribution in [-0.2, 0) is 14.2 Å². The third-order valence-corrected chi connectivity index (χ3v) is 76.6. The molecule has 0 aliphatic heterocycles. The van der Waals surface area contributed by atoms with Gasteiger partial charge < -0.3 is 0 Å². The van der Waals surface area contributed by atoms with Gasteiger partial charge in [-0.3, -0.25) is 0 Å². The van der Waals surface area contributed by atoms with E-state index in [4.69, 9.17) is 0 Å². The van der Waals surface area contributed by atoms with E-state index in [1.54, 1.807) is 11.1 Å². The second-order valence-electron chi connectivity index (χ2n) is 16.6. The van der Waals surface area contributed by atoms with Crippen molar-refractivity contribution < 1.29 is 14.2 Å². The van der Waals surface area contributed by atoms with E-state index in [1.165, 1.54) is 64.0 Å². The van der Waals surface area contributed by atoms with Crippen LogP contribution in [0.15, 0.2) is 84.9 Å². The molecule has 2 aliphatic carbocycles. The van der Waals surface area contributed by atoms with Gasteiger partial charge in [-0.15, -0.1) is 0 Å². The summed E-state index contributed by atoms with van der Waals surface area (Å²) in [4.78, 5) is 0. The maximum atomic E-state index is 2.84. The molecule has 216 valence electrons. The number of fused-ring (bicyclic) bond motifs is 2. The van der Waals surface area contributed by atoms with E-state index < -0.39 is 14.2 Å². The van der Waals surface area contributed by atoms with Gasteiger partial charge in [0.2, 0.25) is 0 Å². The Morgan fingerprint density at radius 1 is 0.571 bits per heavy atom. The predicted molar refractivity (Wildman–Crippen MR) is 187 cm³/mol. The van der Waals surface area contributed by atoms with Crippen LogP contribution in [0.2, 0.25) is 17.7 Å². The summed E-state index contributed by atoms with van der Waals surface area (Å²) in [6.45, 7) is 16.5. The molecule has 0 N–H and O–H groups in total. The van der Waals surface area contributed by atoms with Gasteiger partial charge in [0.25, 0.3) is 0 Å². The summed E-state index contributed by atoms with van der Waals surface area (Å²) in [6.07, 6.45) is 10.3. The molecule has 0 saturated heterocycles. The van der Waals surface area contributed by atoms with Crippen molar-refractivity contribution in [3.05, 3.63) is 129 Å². The fourth-order valence-electron chi connectivity index (χ4n) is 8.88. The van der Waals surface area contributed by atoms with Crippen molar-refractivity contribution in [3.8, 4) is 22.3 Å². The van der Waals surface area contributed by atoms with Crippen molar-refractivity contribution in [2.24, 2.45) is 0 Å². The monoisotopic (exact) mass is 736 g/mol. The second kappa shape index (κ2) is 8.76. The Bertz CT molecular complexity index is 1850. The van der Waals surface area contributed by atoms with Gasteiger partial charge in [0, 0.05) is 0 Å². The molecule has 4 aromatic rings. The van der Waals surface area contributed by atoms with E-state index in [9.17, 15) is 0 Å². The van der Waals surface area contributed by atoms with Crippen LogP contribution in [0.1, 0.15) is 65.7 Å². The topological polar surface area (TPSA) is 0 Å². The Morgan fingerprint density at radius 2 is 0.976 bits per heavy atom. The molecule has 2 aliphatic rings. The Morgan fingerprint density at radius 3 is 1.36 bits per heavy atom. The molecule has 6 rings (SSSR count). The Kier molecular flexibility index (Phi) is 6.16. The molecular weight excluding hydrogens is 687 g/mol. The molecule has 2 atom stereocenters. The van der Waals surface area contributed by atoms with Crippen LogP contribution in [-0.4, -0.2) is 6.94 Å². The Hall–Kier alpha value is -2.55. The van der Waals surface area contributed by atoms with Crippen molar-refractivity contribution in [2.75, 3.05) is 0 Å². The van der Waals surface area contributed by atoms with Gasteiger partial charge in [0.15, 0.2) is 0 Å². The van der Waals surface area contributed by atoms with Gasteiger partial charge >= 0.3 is 252 Å². The summed E-state index contributed by atoms with van der Waals surface area (Å²) in [5.74, 6) is 0. The van der Waals surface area contributed by atoms with Crippen molar-refractivity contribution in [1.82, 2.24) is 0 Å². The summed E-state index contributed by atoms with van der Waals surface area (Å²) in [7, 11) is 0. The van der Waals surface area contributed by atoms with Crippen molar-refractivity contribution in [3.63, 3.8) is 0 Å². The minimum absolute atomic E-state index is 0.438. The normalized spacial score (nSPS) is 20.0. The van der Waals surface area contributed by atoms with Crippen LogP contribution in [0.5, 0.6) is 0 Å². The average Bonchev–Trinajstić information content (AvgIpc) is 3.63. The summed E-state index contributed by atoms with van der Waals surface area (Å²) < 4.78 is 9.03. The standard InChI is InChI=1S/2C17H15.2C2H5.2CH3.Hf.H2Si/c2*1-12-9-10-13(2)17(11-12)16-8-4-6-14-5-3-7-15(14)16;2*1-2;;;;/h2*3-11H,1-2H3;2*1H2,2H3;2*1H3;;1H2. The third-order valence-electron chi connectivity index (χ3n) is 13.4. The number of hydrogen-bond donors (Lipinski definition) is 0. The number of benzene rings is 4. The number of allylic oxidation sites excluding steroid dienone is 2. The molecule has 2 heteroatoms. The molecule has 0 heterocycles. The first-order chi connectivity index (χ1) is 19.7. The summed E-state index contributed by atoms with van der Waals surface area (Å²) in [5, 5.41) is 0. The van der Waals surface area contributed by atoms with E-state index in [2.05, 4.69) is 155 Å². The molecule has 0 nitrogen and oxygen atoms in total. The number of aryl methyl sites for hydroxylation is 4. The van der Waals surface area contributed by atoms with E-state index in [1.807, 2.05) is 0 Å². The fraction of sp³-hybridized carbons (Fsp3) is 0.300. The molecule has 0 saturated carbocycles. The van der Waals surface area contributed by atoms with Crippen LogP contribution >= 0.6 is 0 Å². The van der Waals surface area contributed by atoms with Gasteiger partial charge in [0.05, 0.1) is 0 Å². The second-order valence-corrected chi connectivity index (χ2v) is 95.1. The van der Waals surface area contributed by atoms with Gasteiger partial charge in [-0.25, -0.2) is 0 Å². The zero-order valence-electron chi connectivity index (χ0n) is 27.0. The first-order valence-corrected chi connectivity index (χ1v) is 40.7. The van der Waals surface area contributed by atoms with E-state index in [0.717, 1.165) is 0 Å². The molecular formula is C40H48HfSi. The summed E-state index contributed by atoms with van der Waals surface area (Å²) >= 11 is -4.89. The predicted octanol–water partition coefficient (Wildman–Crippen LogP) is 11.4. The number of rotatable bonds is 6. The zero-order chi connectivity index (χ0) is 30.2. The van der Waals surface area contributed by atoms with Crippen LogP contribution in [0.25, 0.3) is 34.4 Å². The molecule has 0 spiro atoms. The molecule has 2 unspecified atom stereocenters. The minimum atomic E-state index is -4.89. The molecule has 0 radical (unpaired) electrons. The van der Waals surface area contributed by atoms with Crippen molar-refractivity contribution in [2.45, 2.75) is 66.6 Å². The quantitative estimate of drug-likeness (QED) is 0.173. The molecule has 0 aromatic heterocycles. The third kappa shape index (κ3) is 3.87. The first kappa shape index (κ1) is 29.5. The zero-order valence-corrected chi connectivity index (χ0v) is 32.0. The Labute approximate surface area is 250 Å². The first-order valence-electron chi connectivity index (χ1n) is 16.0. The van der Waals surface area contributed by atoms with Gasteiger partial charge in [0.1, 0.15) is 0 Å². The molecule has 4 aromatic carbocycles. The fourth-order valence-corrected chi connectivity index (χ4v) is 43.7. The average molecular weight is 735 g/mol. The van der Waals surface area contributed by atoms with E-state index >= 15 is 0 Å². The van der Waals surface area contributed by atoms with Gasteiger partial charge in [-0.1, -0.05) is 0 Å². The van der Waals surface area contributed by atoms with Crippen LogP contribution < -0.4 is 0 Å². The van der Waals surface area contributed by atoms with E-state index in [0.29, 0.717) is 7.35 Å². The van der Waals surface area contributed by atoms with Crippen LogP contribution in [0.3, 0.4) is 0 Å². The summed E-state index contributed by atoms with van der Waals surface area (Å²) in [6, 6.07) is 28.0. The number of hydrogen-bond acceptors (Lipinski definition) is 0. The molecule has 0 bridgehead atoms. The summed E-state index contributed by atoms with van der Waals surface area (Å²) in [5.41, 5.74) is 16.8. The van der Waals surface area contributed by atoms with Crippen molar-refractivity contribution >= 4 is 19.1 Å². The van der Waals surface area contributed by atoms with Gasteiger partial charge in [-0.05, 0) is 0 Å². The van der Waals surface area contributed by atoms with Crippen LogP contribution in [0, 0.1) is 27.7 Å². The Balaban J connectivity index is 1.60.